The lowest BCUT2D eigenvalue weighted by atomic mass is 10.1. The van der Waals surface area contributed by atoms with Gasteiger partial charge in [0.15, 0.2) is 11.6 Å². The van der Waals surface area contributed by atoms with Gasteiger partial charge in [0.05, 0.1) is 10.7 Å². The monoisotopic (exact) mass is 330 g/mol. The van der Waals surface area contributed by atoms with E-state index >= 15 is 0 Å². The van der Waals surface area contributed by atoms with Gasteiger partial charge in [0.2, 0.25) is 0 Å². The first-order valence-corrected chi connectivity index (χ1v) is 6.84. The quantitative estimate of drug-likeness (QED) is 0.447. The predicted octanol–water partition coefficient (Wildman–Crippen LogP) is 1.61. The first kappa shape index (κ1) is 16.4. The van der Waals surface area contributed by atoms with Crippen molar-refractivity contribution < 1.29 is 23.5 Å². The molecule has 0 aliphatic heterocycles. The van der Waals surface area contributed by atoms with E-state index in [1.165, 1.54) is 0 Å². The number of hydrogen-bond donors (Lipinski definition) is 3. The van der Waals surface area contributed by atoms with Crippen LogP contribution < -0.4 is 10.6 Å². The van der Waals surface area contributed by atoms with E-state index in [4.69, 9.17) is 16.7 Å². The Hall–Kier alpha value is -1.99. The van der Waals surface area contributed by atoms with Gasteiger partial charge in [-0.25, -0.2) is 8.78 Å². The largest absolute Gasteiger partial charge is 0.396 e. The summed E-state index contributed by atoms with van der Waals surface area (Å²) in [4.78, 5) is 23.5. The normalized spacial score (nSPS) is 20.0. The lowest BCUT2D eigenvalue weighted by molar-refractivity contribution is -0.136. The van der Waals surface area contributed by atoms with Crippen molar-refractivity contribution in [2.75, 3.05) is 11.9 Å². The highest BCUT2D eigenvalue weighted by Crippen LogP contribution is 2.24. The summed E-state index contributed by atoms with van der Waals surface area (Å²) in [6, 6.07) is 1.03. The van der Waals surface area contributed by atoms with Crippen molar-refractivity contribution in [1.82, 2.24) is 5.32 Å². The average Bonchev–Trinajstić information content (AvgIpc) is 2.92. The summed E-state index contributed by atoms with van der Waals surface area (Å²) in [5.41, 5.74) is -0.198. The molecule has 0 heterocycles. The molecule has 5 nitrogen and oxygen atoms in total. The molecule has 2 rings (SSSR count). The van der Waals surface area contributed by atoms with E-state index in [1.54, 1.807) is 12.2 Å². The summed E-state index contributed by atoms with van der Waals surface area (Å²) in [5, 5.41) is 13.3. The Kier molecular flexibility index (Phi) is 5.10. The molecule has 0 fully saturated rings. The standard InChI is InChI=1S/C14H13ClF2N2O3/c15-9-4-10(16)11(17)5-12(9)19-14(22)13(21)18-8-2-1-7(3-8)6-20/h1-2,4-5,7-8,20H,3,6H2,(H,18,21)(H,19,22)/t7-,8+/m0/s1. The summed E-state index contributed by atoms with van der Waals surface area (Å²) in [6.07, 6.45) is 3.91. The number of nitrogens with one attached hydrogen (secondary N) is 2. The number of aliphatic hydroxyl groups is 1. The molecule has 1 aliphatic carbocycles. The van der Waals surface area contributed by atoms with Gasteiger partial charge in [0.25, 0.3) is 0 Å². The molecular formula is C14H13ClF2N2O3. The maximum Gasteiger partial charge on any atom is 0.313 e. The van der Waals surface area contributed by atoms with Crippen LogP contribution in [0.2, 0.25) is 5.02 Å². The fraction of sp³-hybridized carbons (Fsp3) is 0.286. The summed E-state index contributed by atoms with van der Waals surface area (Å²) in [7, 11) is 0. The first-order valence-electron chi connectivity index (χ1n) is 6.46. The van der Waals surface area contributed by atoms with Crippen LogP contribution in [0.15, 0.2) is 24.3 Å². The maximum absolute atomic E-state index is 13.1. The van der Waals surface area contributed by atoms with Gasteiger partial charge in [0.1, 0.15) is 0 Å². The van der Waals surface area contributed by atoms with Crippen molar-refractivity contribution in [3.8, 4) is 0 Å². The number of rotatable bonds is 3. The van der Waals surface area contributed by atoms with Crippen molar-refractivity contribution in [1.29, 1.82) is 0 Å². The molecule has 0 spiro atoms. The minimum Gasteiger partial charge on any atom is -0.396 e. The van der Waals surface area contributed by atoms with Gasteiger partial charge in [-0.1, -0.05) is 23.8 Å². The minimum absolute atomic E-state index is 0.0421. The zero-order chi connectivity index (χ0) is 16.3. The smallest absolute Gasteiger partial charge is 0.313 e. The van der Waals surface area contributed by atoms with E-state index in [0.717, 1.165) is 0 Å². The molecule has 0 bridgehead atoms. The zero-order valence-corrected chi connectivity index (χ0v) is 12.0. The van der Waals surface area contributed by atoms with Crippen LogP contribution in [-0.4, -0.2) is 29.6 Å². The van der Waals surface area contributed by atoms with Gasteiger partial charge >= 0.3 is 11.8 Å². The molecule has 22 heavy (non-hydrogen) atoms. The maximum atomic E-state index is 13.1. The Morgan fingerprint density at radius 2 is 1.91 bits per heavy atom. The minimum atomic E-state index is -1.19. The Labute approximate surface area is 130 Å². The molecule has 1 aromatic carbocycles. The third-order valence-electron chi connectivity index (χ3n) is 3.19. The Bertz CT molecular complexity index is 637. The summed E-state index contributed by atoms with van der Waals surface area (Å²) >= 11 is 5.67. The Morgan fingerprint density at radius 3 is 2.55 bits per heavy atom. The molecule has 0 saturated carbocycles. The third kappa shape index (κ3) is 3.80. The number of benzene rings is 1. The van der Waals surface area contributed by atoms with Gasteiger partial charge in [0, 0.05) is 24.6 Å². The van der Waals surface area contributed by atoms with Crippen molar-refractivity contribution in [3.63, 3.8) is 0 Å². The van der Waals surface area contributed by atoms with E-state index in [0.29, 0.717) is 18.6 Å². The van der Waals surface area contributed by atoms with Crippen molar-refractivity contribution in [2.24, 2.45) is 5.92 Å². The van der Waals surface area contributed by atoms with Crippen molar-refractivity contribution >= 4 is 29.1 Å². The molecule has 8 heteroatoms. The van der Waals surface area contributed by atoms with E-state index in [-0.39, 0.29) is 29.3 Å². The molecule has 1 aliphatic rings. The van der Waals surface area contributed by atoms with E-state index < -0.39 is 23.4 Å². The van der Waals surface area contributed by atoms with Gasteiger partial charge in [-0.2, -0.15) is 0 Å². The highest BCUT2D eigenvalue weighted by atomic mass is 35.5. The number of hydrogen-bond acceptors (Lipinski definition) is 3. The van der Waals surface area contributed by atoms with Crippen LogP contribution in [0.3, 0.4) is 0 Å². The summed E-state index contributed by atoms with van der Waals surface area (Å²) in [5.74, 6) is -4.39. The molecule has 3 N–H and O–H groups in total. The van der Waals surface area contributed by atoms with E-state index in [9.17, 15) is 18.4 Å². The number of amides is 2. The van der Waals surface area contributed by atoms with Crippen LogP contribution in [0.4, 0.5) is 14.5 Å². The number of carbonyl (C=O) groups excluding carboxylic acids is 2. The molecule has 0 saturated heterocycles. The fourth-order valence-corrected chi connectivity index (χ4v) is 2.25. The predicted molar refractivity (Wildman–Crippen MR) is 76.3 cm³/mol. The molecule has 2 amide bonds. The fourth-order valence-electron chi connectivity index (χ4n) is 2.05. The number of halogens is 3. The second-order valence-corrected chi connectivity index (χ2v) is 5.25. The first-order chi connectivity index (χ1) is 10.4. The van der Waals surface area contributed by atoms with Gasteiger partial charge in [-0.3, -0.25) is 9.59 Å². The van der Waals surface area contributed by atoms with Crippen LogP contribution in [0.5, 0.6) is 0 Å². The molecule has 0 unspecified atom stereocenters. The van der Waals surface area contributed by atoms with Crippen LogP contribution in [0, 0.1) is 17.6 Å². The topological polar surface area (TPSA) is 78.4 Å². The SMILES string of the molecule is O=C(Nc1cc(F)c(F)cc1Cl)C(=O)N[C@@H]1C=C[C@H](CO)C1. The van der Waals surface area contributed by atoms with Crippen LogP contribution in [-0.2, 0) is 9.59 Å². The van der Waals surface area contributed by atoms with Crippen LogP contribution in [0.25, 0.3) is 0 Å². The van der Waals surface area contributed by atoms with Gasteiger partial charge < -0.3 is 15.7 Å². The highest BCUT2D eigenvalue weighted by Gasteiger charge is 2.23. The molecule has 0 radical (unpaired) electrons. The Morgan fingerprint density at radius 1 is 1.23 bits per heavy atom. The average molecular weight is 331 g/mol. The lowest BCUT2D eigenvalue weighted by Gasteiger charge is -2.13. The lowest BCUT2D eigenvalue weighted by Crippen LogP contribution is -2.40. The second-order valence-electron chi connectivity index (χ2n) is 4.84. The molecular weight excluding hydrogens is 318 g/mol. The molecule has 1 aromatic rings. The van der Waals surface area contributed by atoms with Crippen LogP contribution in [0.1, 0.15) is 6.42 Å². The number of anilines is 1. The highest BCUT2D eigenvalue weighted by molar-refractivity contribution is 6.41. The van der Waals surface area contributed by atoms with Gasteiger partial charge in [-0.15, -0.1) is 0 Å². The van der Waals surface area contributed by atoms with Gasteiger partial charge in [-0.05, 0) is 12.5 Å². The molecule has 0 aromatic heterocycles. The summed E-state index contributed by atoms with van der Waals surface area (Å²) < 4.78 is 26.0. The second kappa shape index (κ2) is 6.85. The van der Waals surface area contributed by atoms with E-state index in [2.05, 4.69) is 10.6 Å². The number of aliphatic hydroxyl groups excluding tert-OH is 1. The van der Waals surface area contributed by atoms with Crippen LogP contribution >= 0.6 is 11.6 Å². The third-order valence-corrected chi connectivity index (χ3v) is 3.50. The van der Waals surface area contributed by atoms with Crippen molar-refractivity contribution in [3.05, 3.63) is 40.9 Å². The zero-order valence-electron chi connectivity index (χ0n) is 11.3. The Balaban J connectivity index is 1.96. The van der Waals surface area contributed by atoms with Crippen molar-refractivity contribution in [2.45, 2.75) is 12.5 Å². The summed E-state index contributed by atoms with van der Waals surface area (Å²) in [6.45, 7) is -0.0421. The number of carbonyl (C=O) groups is 2. The van der Waals surface area contributed by atoms with E-state index in [1.807, 2.05) is 0 Å². The molecule has 2 atom stereocenters. The molecule has 118 valence electrons.